The molecule has 1 N–H and O–H groups in total. The molecule has 2 saturated heterocycles. The fourth-order valence-electron chi connectivity index (χ4n) is 4.53. The van der Waals surface area contributed by atoms with Crippen molar-refractivity contribution < 1.29 is 9.59 Å². The third-order valence-electron chi connectivity index (χ3n) is 6.39. The zero-order chi connectivity index (χ0) is 21.8. The van der Waals surface area contributed by atoms with Crippen molar-refractivity contribution in [1.82, 2.24) is 15.1 Å². The van der Waals surface area contributed by atoms with Crippen LogP contribution in [0.2, 0.25) is 0 Å². The molecule has 3 heterocycles. The average Bonchev–Trinajstić information content (AvgIpc) is 3.30. The highest BCUT2D eigenvalue weighted by Crippen LogP contribution is 2.30. The molecule has 4 rings (SSSR count). The molecular weight excluding hydrogens is 390 g/mol. The molecule has 1 unspecified atom stereocenters. The Morgan fingerprint density at radius 1 is 1.03 bits per heavy atom. The van der Waals surface area contributed by atoms with E-state index in [4.69, 9.17) is 0 Å². The van der Waals surface area contributed by atoms with Gasteiger partial charge in [0.1, 0.15) is 0 Å². The minimum absolute atomic E-state index is 0.0514. The Kier molecular flexibility index (Phi) is 6.49. The largest absolute Gasteiger partial charge is 0.354 e. The summed E-state index contributed by atoms with van der Waals surface area (Å²) in [6.07, 6.45) is 4.45. The summed E-state index contributed by atoms with van der Waals surface area (Å²) in [4.78, 5) is 29.0. The molecule has 0 bridgehead atoms. The van der Waals surface area contributed by atoms with Crippen LogP contribution in [0.1, 0.15) is 44.6 Å². The molecule has 164 valence electrons. The van der Waals surface area contributed by atoms with Gasteiger partial charge in [0.15, 0.2) is 5.82 Å². The number of anilines is 2. The summed E-state index contributed by atoms with van der Waals surface area (Å²) in [5.74, 6) is 1.61. The number of likely N-dealkylation sites (tertiary alicyclic amines) is 1. The van der Waals surface area contributed by atoms with Crippen LogP contribution in [0.5, 0.6) is 0 Å². The van der Waals surface area contributed by atoms with E-state index in [1.165, 1.54) is 5.56 Å². The van der Waals surface area contributed by atoms with Crippen LogP contribution in [0.25, 0.3) is 0 Å². The van der Waals surface area contributed by atoms with Crippen LogP contribution in [-0.2, 0) is 9.59 Å². The number of rotatable bonds is 5. The van der Waals surface area contributed by atoms with E-state index in [9.17, 15) is 9.59 Å². The van der Waals surface area contributed by atoms with Gasteiger partial charge in [-0.3, -0.25) is 9.59 Å². The zero-order valence-corrected chi connectivity index (χ0v) is 18.3. The van der Waals surface area contributed by atoms with E-state index in [1.807, 2.05) is 43.0 Å². The molecule has 7 heteroatoms. The molecule has 0 aliphatic carbocycles. The quantitative estimate of drug-likeness (QED) is 0.801. The van der Waals surface area contributed by atoms with Gasteiger partial charge in [0.25, 0.3) is 0 Å². The monoisotopic (exact) mass is 421 g/mol. The number of carbonyl (C=O) groups excluding carboxylic acids is 2. The minimum atomic E-state index is -0.0514. The van der Waals surface area contributed by atoms with Gasteiger partial charge in [0, 0.05) is 44.0 Å². The van der Waals surface area contributed by atoms with Crippen LogP contribution in [0.15, 0.2) is 42.6 Å². The van der Waals surface area contributed by atoms with Gasteiger partial charge in [-0.2, -0.15) is 5.10 Å². The molecule has 0 saturated carbocycles. The lowest BCUT2D eigenvalue weighted by molar-refractivity contribution is -0.135. The van der Waals surface area contributed by atoms with E-state index in [0.717, 1.165) is 50.4 Å². The molecule has 2 aliphatic heterocycles. The van der Waals surface area contributed by atoms with Crippen molar-refractivity contribution in [2.24, 2.45) is 11.8 Å². The standard InChI is InChI=1S/C24H31N5O2/c1-17(2)24(31)28-13-9-19(10-14-28)18-5-7-21(8-6-18)26-23(30)20-11-15-29(16-20)22-4-3-12-25-27-22/h3-8,12,17,19-20H,9-11,13-16H2,1-2H3,(H,26,30). The molecule has 0 radical (unpaired) electrons. The number of amides is 2. The van der Waals surface area contributed by atoms with Crippen molar-refractivity contribution in [1.29, 1.82) is 0 Å². The number of hydrogen-bond donors (Lipinski definition) is 1. The summed E-state index contributed by atoms with van der Waals surface area (Å²) in [5.41, 5.74) is 2.11. The van der Waals surface area contributed by atoms with Gasteiger partial charge >= 0.3 is 0 Å². The van der Waals surface area contributed by atoms with Crippen molar-refractivity contribution in [3.63, 3.8) is 0 Å². The summed E-state index contributed by atoms with van der Waals surface area (Å²) in [5, 5.41) is 11.1. The van der Waals surface area contributed by atoms with E-state index in [1.54, 1.807) is 6.20 Å². The molecular formula is C24H31N5O2. The molecule has 31 heavy (non-hydrogen) atoms. The summed E-state index contributed by atoms with van der Waals surface area (Å²) in [6.45, 7) is 7.04. The van der Waals surface area contributed by atoms with Crippen LogP contribution < -0.4 is 10.2 Å². The number of hydrogen-bond acceptors (Lipinski definition) is 5. The van der Waals surface area contributed by atoms with Crippen molar-refractivity contribution in [2.45, 2.75) is 39.0 Å². The molecule has 0 spiro atoms. The minimum Gasteiger partial charge on any atom is -0.354 e. The van der Waals surface area contributed by atoms with Gasteiger partial charge < -0.3 is 15.1 Å². The molecule has 7 nitrogen and oxygen atoms in total. The first kappa shape index (κ1) is 21.3. The molecule has 2 fully saturated rings. The number of benzene rings is 1. The number of carbonyl (C=O) groups is 2. The summed E-state index contributed by atoms with van der Waals surface area (Å²) in [6, 6.07) is 12.0. The topological polar surface area (TPSA) is 78.4 Å². The second kappa shape index (κ2) is 9.45. The van der Waals surface area contributed by atoms with Crippen molar-refractivity contribution >= 4 is 23.3 Å². The van der Waals surface area contributed by atoms with Gasteiger partial charge in [-0.25, -0.2) is 0 Å². The van der Waals surface area contributed by atoms with Crippen LogP contribution in [0.3, 0.4) is 0 Å². The molecule has 1 aromatic heterocycles. The highest BCUT2D eigenvalue weighted by molar-refractivity contribution is 5.93. The van der Waals surface area contributed by atoms with E-state index >= 15 is 0 Å². The van der Waals surface area contributed by atoms with Gasteiger partial charge in [-0.1, -0.05) is 26.0 Å². The molecule has 2 aliphatic rings. The lowest BCUT2D eigenvalue weighted by Crippen LogP contribution is -2.40. The lowest BCUT2D eigenvalue weighted by Gasteiger charge is -2.33. The predicted octanol–water partition coefficient (Wildman–Crippen LogP) is 3.30. The first-order valence-electron chi connectivity index (χ1n) is 11.2. The Labute approximate surface area is 183 Å². The van der Waals surface area contributed by atoms with Crippen LogP contribution in [0.4, 0.5) is 11.5 Å². The highest BCUT2D eigenvalue weighted by Gasteiger charge is 2.29. The molecule has 1 atom stereocenters. The van der Waals surface area contributed by atoms with Crippen molar-refractivity contribution in [2.75, 3.05) is 36.4 Å². The van der Waals surface area contributed by atoms with E-state index in [2.05, 4.69) is 32.5 Å². The smallest absolute Gasteiger partial charge is 0.229 e. The Balaban J connectivity index is 1.28. The first-order chi connectivity index (χ1) is 15.0. The predicted molar refractivity (Wildman–Crippen MR) is 121 cm³/mol. The SMILES string of the molecule is CC(C)C(=O)N1CCC(c2ccc(NC(=O)C3CCN(c4cccnn4)C3)cc2)CC1. The Morgan fingerprint density at radius 3 is 2.42 bits per heavy atom. The highest BCUT2D eigenvalue weighted by atomic mass is 16.2. The maximum Gasteiger partial charge on any atom is 0.229 e. The van der Waals surface area contributed by atoms with E-state index < -0.39 is 0 Å². The Bertz CT molecular complexity index is 892. The fraction of sp³-hybridized carbons (Fsp3) is 0.500. The summed E-state index contributed by atoms with van der Waals surface area (Å²) < 4.78 is 0. The lowest BCUT2D eigenvalue weighted by atomic mass is 9.89. The van der Waals surface area contributed by atoms with Crippen molar-refractivity contribution in [3.8, 4) is 0 Å². The maximum atomic E-state index is 12.7. The first-order valence-corrected chi connectivity index (χ1v) is 11.2. The number of nitrogens with zero attached hydrogens (tertiary/aromatic N) is 4. The summed E-state index contributed by atoms with van der Waals surface area (Å²) in [7, 11) is 0. The second-order valence-corrected chi connectivity index (χ2v) is 8.88. The maximum absolute atomic E-state index is 12.7. The molecule has 2 aromatic rings. The molecule has 1 aromatic carbocycles. The third-order valence-corrected chi connectivity index (χ3v) is 6.39. The van der Waals surface area contributed by atoms with Gasteiger partial charge in [-0.05, 0) is 55.0 Å². The van der Waals surface area contributed by atoms with E-state index in [0.29, 0.717) is 12.5 Å². The number of aromatic nitrogens is 2. The van der Waals surface area contributed by atoms with Gasteiger partial charge in [0.05, 0.1) is 5.92 Å². The zero-order valence-electron chi connectivity index (χ0n) is 18.3. The van der Waals surface area contributed by atoms with Gasteiger partial charge in [-0.15, -0.1) is 5.10 Å². The van der Waals surface area contributed by atoms with Crippen LogP contribution in [-0.4, -0.2) is 53.1 Å². The molecule has 2 amide bonds. The summed E-state index contributed by atoms with van der Waals surface area (Å²) >= 11 is 0. The van der Waals surface area contributed by atoms with Crippen LogP contribution in [0, 0.1) is 11.8 Å². The Hall–Kier alpha value is -2.96. The second-order valence-electron chi connectivity index (χ2n) is 8.88. The van der Waals surface area contributed by atoms with Crippen LogP contribution >= 0.6 is 0 Å². The number of nitrogens with one attached hydrogen (secondary N) is 1. The fourth-order valence-corrected chi connectivity index (χ4v) is 4.53. The Morgan fingerprint density at radius 2 is 1.77 bits per heavy atom. The number of piperidine rings is 1. The normalized spacial score (nSPS) is 19.6. The van der Waals surface area contributed by atoms with Crippen molar-refractivity contribution in [3.05, 3.63) is 48.2 Å². The van der Waals surface area contributed by atoms with E-state index in [-0.39, 0.29) is 23.7 Å². The average molecular weight is 422 g/mol. The van der Waals surface area contributed by atoms with Gasteiger partial charge in [0.2, 0.25) is 11.8 Å². The third kappa shape index (κ3) is 5.03.